The van der Waals surface area contributed by atoms with Gasteiger partial charge in [-0.05, 0) is 5.56 Å². The van der Waals surface area contributed by atoms with Gasteiger partial charge in [0.15, 0.2) is 0 Å². The highest BCUT2D eigenvalue weighted by Crippen LogP contribution is 1.99. The highest BCUT2D eigenvalue weighted by molar-refractivity contribution is 7.85. The van der Waals surface area contributed by atoms with Gasteiger partial charge in [0.1, 0.15) is 5.75 Å². The molecule has 1 aromatic rings. The van der Waals surface area contributed by atoms with E-state index in [0.29, 0.717) is 33.0 Å². The molecule has 1 unspecified atom stereocenters. The first kappa shape index (κ1) is 18.8. The van der Waals surface area contributed by atoms with E-state index in [4.69, 9.17) is 19.3 Å². The van der Waals surface area contributed by atoms with Crippen molar-refractivity contribution in [2.24, 2.45) is 0 Å². The van der Waals surface area contributed by atoms with E-state index >= 15 is 0 Å². The van der Waals surface area contributed by atoms with Crippen LogP contribution in [0.5, 0.6) is 0 Å². The van der Waals surface area contributed by atoms with Gasteiger partial charge < -0.3 is 19.3 Å². The lowest BCUT2D eigenvalue weighted by atomic mass is 10.2. The monoisotopic (exact) mass is 330 g/mol. The molecule has 0 saturated carbocycles. The maximum atomic E-state index is 11.2. The molecule has 0 saturated heterocycles. The minimum Gasteiger partial charge on any atom is -0.481 e. The zero-order valence-corrected chi connectivity index (χ0v) is 13.3. The van der Waals surface area contributed by atoms with Crippen LogP contribution in [0.4, 0.5) is 0 Å². The molecule has 0 aliphatic carbocycles. The van der Waals surface area contributed by atoms with E-state index < -0.39 is 16.8 Å². The molecule has 0 fully saturated rings. The summed E-state index contributed by atoms with van der Waals surface area (Å²) in [5.74, 6) is -1.16. The third-order valence-electron chi connectivity index (χ3n) is 2.60. The Morgan fingerprint density at radius 3 is 2.18 bits per heavy atom. The van der Waals surface area contributed by atoms with E-state index in [1.165, 1.54) is 0 Å². The molecule has 0 spiro atoms. The Balaban J connectivity index is 1.84. The summed E-state index contributed by atoms with van der Waals surface area (Å²) < 4.78 is 27.2. The molecule has 0 aliphatic rings. The van der Waals surface area contributed by atoms with Crippen molar-refractivity contribution in [3.8, 4) is 0 Å². The Morgan fingerprint density at radius 1 is 0.955 bits per heavy atom. The standard InChI is InChI=1S/C15H22O6S/c16-15(17)13-22(18)11-10-20-7-6-19-8-9-21-12-14-4-2-1-3-5-14/h1-5H,6-13H2,(H,16,17). The summed E-state index contributed by atoms with van der Waals surface area (Å²) in [6, 6.07) is 9.90. The van der Waals surface area contributed by atoms with Crippen LogP contribution in [-0.4, -0.2) is 59.8 Å². The molecule has 0 aromatic heterocycles. The summed E-state index contributed by atoms with van der Waals surface area (Å²) in [6.45, 7) is 2.66. The van der Waals surface area contributed by atoms with Crippen molar-refractivity contribution >= 4 is 16.8 Å². The Bertz CT molecular complexity index is 437. The van der Waals surface area contributed by atoms with Gasteiger partial charge in [0.2, 0.25) is 0 Å². The Hall–Kier alpha value is -1.28. The minimum atomic E-state index is -1.37. The summed E-state index contributed by atoms with van der Waals surface area (Å²) in [5, 5.41) is 8.43. The molecular formula is C15H22O6S. The van der Waals surface area contributed by atoms with E-state index in [2.05, 4.69) is 0 Å². The number of benzene rings is 1. The van der Waals surface area contributed by atoms with E-state index in [-0.39, 0.29) is 18.1 Å². The summed E-state index contributed by atoms with van der Waals surface area (Å²) in [6.07, 6.45) is 0. The predicted molar refractivity (Wildman–Crippen MR) is 83.2 cm³/mol. The summed E-state index contributed by atoms with van der Waals surface area (Å²) >= 11 is 0. The lowest BCUT2D eigenvalue weighted by molar-refractivity contribution is -0.133. The van der Waals surface area contributed by atoms with Gasteiger partial charge in [-0.15, -0.1) is 0 Å². The lowest BCUT2D eigenvalue weighted by Gasteiger charge is -2.07. The van der Waals surface area contributed by atoms with Crippen LogP contribution in [0.15, 0.2) is 30.3 Å². The van der Waals surface area contributed by atoms with Gasteiger partial charge in [0.05, 0.1) is 39.6 Å². The molecule has 1 N–H and O–H groups in total. The number of carbonyl (C=O) groups is 1. The molecule has 1 aromatic carbocycles. The second kappa shape index (κ2) is 12.3. The first-order chi connectivity index (χ1) is 10.7. The topological polar surface area (TPSA) is 82.1 Å². The molecule has 0 heterocycles. The average Bonchev–Trinajstić information content (AvgIpc) is 2.49. The van der Waals surface area contributed by atoms with Crippen LogP contribution in [0.3, 0.4) is 0 Å². The number of hydrogen-bond donors (Lipinski definition) is 1. The van der Waals surface area contributed by atoms with Crippen LogP contribution < -0.4 is 0 Å². The molecular weight excluding hydrogens is 308 g/mol. The molecule has 0 radical (unpaired) electrons. The Labute approximate surface area is 132 Å². The first-order valence-corrected chi connectivity index (χ1v) is 8.51. The molecule has 6 nitrogen and oxygen atoms in total. The van der Waals surface area contributed by atoms with Gasteiger partial charge in [0, 0.05) is 16.6 Å². The predicted octanol–water partition coefficient (Wildman–Crippen LogP) is 1.07. The van der Waals surface area contributed by atoms with E-state index in [1.807, 2.05) is 30.3 Å². The molecule has 1 atom stereocenters. The SMILES string of the molecule is O=C(O)CS(=O)CCOCCOCCOCc1ccccc1. The Kier molecular flexibility index (Phi) is 10.5. The third kappa shape index (κ3) is 10.4. The highest BCUT2D eigenvalue weighted by Gasteiger charge is 2.05. The summed E-state index contributed by atoms with van der Waals surface area (Å²) in [7, 11) is -1.37. The third-order valence-corrected chi connectivity index (χ3v) is 3.79. The van der Waals surface area contributed by atoms with Crippen molar-refractivity contribution in [3.63, 3.8) is 0 Å². The van der Waals surface area contributed by atoms with Crippen molar-refractivity contribution in [2.75, 3.05) is 44.5 Å². The van der Waals surface area contributed by atoms with Gasteiger partial charge in [-0.25, -0.2) is 0 Å². The van der Waals surface area contributed by atoms with Gasteiger partial charge in [-0.1, -0.05) is 30.3 Å². The molecule has 124 valence electrons. The highest BCUT2D eigenvalue weighted by atomic mass is 32.2. The van der Waals surface area contributed by atoms with E-state index in [1.54, 1.807) is 0 Å². The van der Waals surface area contributed by atoms with Crippen LogP contribution in [0.25, 0.3) is 0 Å². The maximum Gasteiger partial charge on any atom is 0.316 e. The number of rotatable bonds is 13. The quantitative estimate of drug-likeness (QED) is 0.545. The molecule has 0 amide bonds. The first-order valence-electron chi connectivity index (χ1n) is 7.02. The fraction of sp³-hybridized carbons (Fsp3) is 0.533. The molecule has 0 bridgehead atoms. The fourth-order valence-corrected chi connectivity index (χ4v) is 2.29. The van der Waals surface area contributed by atoms with Crippen molar-refractivity contribution in [1.29, 1.82) is 0 Å². The van der Waals surface area contributed by atoms with Crippen molar-refractivity contribution in [1.82, 2.24) is 0 Å². The summed E-state index contributed by atoms with van der Waals surface area (Å²) in [4.78, 5) is 10.3. The van der Waals surface area contributed by atoms with Crippen LogP contribution in [0.2, 0.25) is 0 Å². The average molecular weight is 330 g/mol. The maximum absolute atomic E-state index is 11.2. The minimum absolute atomic E-state index is 0.229. The molecule has 22 heavy (non-hydrogen) atoms. The summed E-state index contributed by atoms with van der Waals surface area (Å²) in [5.41, 5.74) is 1.13. The van der Waals surface area contributed by atoms with Crippen LogP contribution in [0, 0.1) is 0 Å². The normalized spacial score (nSPS) is 12.2. The van der Waals surface area contributed by atoms with Crippen molar-refractivity contribution < 1.29 is 28.3 Å². The van der Waals surface area contributed by atoms with Crippen molar-refractivity contribution in [2.45, 2.75) is 6.61 Å². The smallest absolute Gasteiger partial charge is 0.316 e. The fourth-order valence-electron chi connectivity index (χ4n) is 1.57. The van der Waals surface area contributed by atoms with Crippen LogP contribution in [0.1, 0.15) is 5.56 Å². The zero-order valence-electron chi connectivity index (χ0n) is 12.4. The molecule has 1 rings (SSSR count). The Morgan fingerprint density at radius 2 is 1.55 bits per heavy atom. The van der Waals surface area contributed by atoms with E-state index in [9.17, 15) is 9.00 Å². The zero-order chi connectivity index (χ0) is 16.0. The second-order valence-electron chi connectivity index (χ2n) is 4.44. The van der Waals surface area contributed by atoms with Gasteiger partial charge >= 0.3 is 5.97 Å². The van der Waals surface area contributed by atoms with Crippen molar-refractivity contribution in [3.05, 3.63) is 35.9 Å². The number of carboxylic acid groups (broad SMARTS) is 1. The number of ether oxygens (including phenoxy) is 3. The van der Waals surface area contributed by atoms with Gasteiger partial charge in [-0.3, -0.25) is 9.00 Å². The number of carboxylic acids is 1. The van der Waals surface area contributed by atoms with Crippen LogP contribution >= 0.6 is 0 Å². The largest absolute Gasteiger partial charge is 0.481 e. The van der Waals surface area contributed by atoms with Crippen LogP contribution in [-0.2, 0) is 36.4 Å². The second-order valence-corrected chi connectivity index (χ2v) is 6.02. The number of hydrogen-bond acceptors (Lipinski definition) is 5. The number of aliphatic carboxylic acids is 1. The molecule has 0 aliphatic heterocycles. The molecule has 7 heteroatoms. The lowest BCUT2D eigenvalue weighted by Crippen LogP contribution is -2.16. The van der Waals surface area contributed by atoms with Gasteiger partial charge in [-0.2, -0.15) is 0 Å². The van der Waals surface area contributed by atoms with E-state index in [0.717, 1.165) is 5.56 Å². The van der Waals surface area contributed by atoms with Gasteiger partial charge in [0.25, 0.3) is 0 Å².